The number of nitrogens with zero attached hydrogens (tertiary/aromatic N) is 1. The molecule has 1 amide bonds. The van der Waals surface area contributed by atoms with Gasteiger partial charge in [-0.3, -0.25) is 10.2 Å². The third kappa shape index (κ3) is 6.41. The second-order valence-electron chi connectivity index (χ2n) is 5.53. The number of anilines is 1. The van der Waals surface area contributed by atoms with Gasteiger partial charge in [-0.05, 0) is 37.6 Å². The Hall–Kier alpha value is -2.32. The number of aryl methyl sites for hydroxylation is 1. The van der Waals surface area contributed by atoms with E-state index < -0.39 is 17.0 Å². The van der Waals surface area contributed by atoms with Crippen LogP contribution in [0.25, 0.3) is 11.1 Å². The van der Waals surface area contributed by atoms with E-state index in [1.54, 1.807) is 43.3 Å². The minimum Gasteiger partial charge on any atom is -0.321 e. The first kappa shape index (κ1) is 21.0. The molecule has 27 heavy (non-hydrogen) atoms. The quantitative estimate of drug-likeness (QED) is 0.287. The third-order valence-corrected chi connectivity index (χ3v) is 4.21. The first-order valence-electron chi connectivity index (χ1n) is 7.62. The van der Waals surface area contributed by atoms with E-state index in [2.05, 4.69) is 10.3 Å². The summed E-state index contributed by atoms with van der Waals surface area (Å²) < 4.78 is 38.2. The van der Waals surface area contributed by atoms with Crippen LogP contribution in [0.2, 0.25) is 5.15 Å². The topological polar surface area (TPSA) is 65.8 Å². The van der Waals surface area contributed by atoms with Crippen LogP contribution in [0.3, 0.4) is 0 Å². The highest BCUT2D eigenvalue weighted by Gasteiger charge is 2.28. The largest absolute Gasteiger partial charge is 0.411 e. The Morgan fingerprint density at radius 1 is 1.30 bits per heavy atom. The van der Waals surface area contributed by atoms with Crippen molar-refractivity contribution in [1.82, 2.24) is 4.98 Å². The van der Waals surface area contributed by atoms with E-state index in [4.69, 9.17) is 17.0 Å². The summed E-state index contributed by atoms with van der Waals surface area (Å²) >= 11 is 6.42. The fourth-order valence-corrected chi connectivity index (χ4v) is 3.18. The molecule has 0 aliphatic heterocycles. The third-order valence-electron chi connectivity index (χ3n) is 3.19. The maximum Gasteiger partial charge on any atom is 0.411 e. The Labute approximate surface area is 163 Å². The summed E-state index contributed by atoms with van der Waals surface area (Å²) in [6, 6.07) is 10.0. The van der Waals surface area contributed by atoms with Crippen LogP contribution in [0.4, 0.5) is 18.9 Å². The molecule has 9 heteroatoms. The van der Waals surface area contributed by atoms with Crippen LogP contribution in [0.5, 0.6) is 0 Å². The molecule has 0 bridgehead atoms. The number of hydrogen-bond donors (Lipinski definition) is 2. The van der Waals surface area contributed by atoms with Crippen molar-refractivity contribution in [1.29, 1.82) is 5.41 Å². The van der Waals surface area contributed by atoms with E-state index in [0.29, 0.717) is 34.3 Å². The lowest BCUT2D eigenvalue weighted by atomic mass is 10.0. The number of rotatable bonds is 4. The fourth-order valence-electron chi connectivity index (χ4n) is 2.27. The number of para-hydroxylation sites is 1. The van der Waals surface area contributed by atoms with Crippen LogP contribution in [0, 0.1) is 12.3 Å². The summed E-state index contributed by atoms with van der Waals surface area (Å²) in [5, 5.41) is 10.00. The van der Waals surface area contributed by atoms with Crippen LogP contribution < -0.4 is 5.32 Å². The van der Waals surface area contributed by atoms with Crippen LogP contribution in [-0.4, -0.2) is 22.1 Å². The molecule has 0 spiro atoms. The Morgan fingerprint density at radius 3 is 2.56 bits per heavy atom. The van der Waals surface area contributed by atoms with Gasteiger partial charge in [0.25, 0.3) is 5.91 Å². The molecule has 0 fully saturated rings. The summed E-state index contributed by atoms with van der Waals surface area (Å²) in [6.07, 6.45) is -4.79. The monoisotopic (exact) mass is 413 g/mol. The molecular weight excluding hydrogens is 399 g/mol. The van der Waals surface area contributed by atoms with Gasteiger partial charge >= 0.3 is 6.18 Å². The van der Waals surface area contributed by atoms with Crippen molar-refractivity contribution in [3.8, 4) is 11.1 Å². The number of hydrogen-bond acceptors (Lipinski definition) is 4. The lowest BCUT2D eigenvalue weighted by Crippen LogP contribution is -2.17. The number of halogens is 4. The molecule has 0 radical (unpaired) electrons. The minimum atomic E-state index is -4.68. The number of thioether (sulfide) groups is 1. The molecule has 142 valence electrons. The number of carbonyl (C=O) groups is 1. The van der Waals surface area contributed by atoms with Crippen LogP contribution in [0.1, 0.15) is 12.6 Å². The van der Waals surface area contributed by atoms with Crippen LogP contribution >= 0.6 is 23.4 Å². The molecule has 1 aromatic carbocycles. The van der Waals surface area contributed by atoms with Gasteiger partial charge in [-0.15, -0.1) is 0 Å². The van der Waals surface area contributed by atoms with Gasteiger partial charge in [-0.1, -0.05) is 41.6 Å². The summed E-state index contributed by atoms with van der Waals surface area (Å²) in [5.74, 6) is -0.951. The van der Waals surface area contributed by atoms with Crippen molar-refractivity contribution in [2.24, 2.45) is 0 Å². The smallest absolute Gasteiger partial charge is 0.321 e. The molecule has 0 saturated carbocycles. The molecule has 2 N–H and O–H groups in total. The number of amides is 1. The molecular formula is C18H15ClF3N3OS. The molecule has 2 aromatic rings. The van der Waals surface area contributed by atoms with Gasteiger partial charge in [-0.2, -0.15) is 13.2 Å². The first-order valence-corrected chi connectivity index (χ1v) is 8.82. The molecule has 1 heterocycles. The first-order chi connectivity index (χ1) is 12.5. The average molecular weight is 414 g/mol. The maximum absolute atomic E-state index is 12.7. The normalized spacial score (nSPS) is 12.0. The maximum atomic E-state index is 12.7. The number of aromatic nitrogens is 1. The Bertz CT molecular complexity index is 893. The van der Waals surface area contributed by atoms with Gasteiger partial charge in [0.2, 0.25) is 0 Å². The van der Waals surface area contributed by atoms with E-state index in [9.17, 15) is 18.0 Å². The van der Waals surface area contributed by atoms with Gasteiger partial charge in [0, 0.05) is 23.0 Å². The van der Waals surface area contributed by atoms with Crippen molar-refractivity contribution in [3.63, 3.8) is 0 Å². The number of alkyl halides is 3. The van der Waals surface area contributed by atoms with Gasteiger partial charge in [0.15, 0.2) is 0 Å². The number of nitrogens with one attached hydrogen (secondary N) is 2. The standard InChI is InChI=1S/C18H15ClF3N3OS/c1-10-7-12(8-16(19)24-10)13-5-3-4-6-14(13)25-17(26)15(27-11(2)23)9-18(20,21)22/h3-9,23H,1-2H3,(H,25,26)/b15-9+,23-11?. The molecule has 0 unspecified atom stereocenters. The van der Waals surface area contributed by atoms with Crippen molar-refractivity contribution < 1.29 is 18.0 Å². The van der Waals surface area contributed by atoms with Crippen LogP contribution in [0.15, 0.2) is 47.4 Å². The van der Waals surface area contributed by atoms with Gasteiger partial charge in [0.1, 0.15) is 5.15 Å². The highest BCUT2D eigenvalue weighted by molar-refractivity contribution is 8.17. The summed E-state index contributed by atoms with van der Waals surface area (Å²) in [7, 11) is 0. The molecule has 2 rings (SSSR count). The predicted molar refractivity (Wildman–Crippen MR) is 103 cm³/mol. The Kier molecular flexibility index (Phi) is 6.67. The summed E-state index contributed by atoms with van der Waals surface area (Å²) in [4.78, 5) is 15.9. The number of allylic oxidation sites excluding steroid dienone is 1. The molecule has 4 nitrogen and oxygen atoms in total. The fraction of sp³-hybridized carbons (Fsp3) is 0.167. The van der Waals surface area contributed by atoms with Crippen molar-refractivity contribution in [3.05, 3.63) is 58.2 Å². The van der Waals surface area contributed by atoms with Gasteiger partial charge in [-0.25, -0.2) is 4.98 Å². The summed E-state index contributed by atoms with van der Waals surface area (Å²) in [5.41, 5.74) is 2.23. The van der Waals surface area contributed by atoms with E-state index in [1.807, 2.05) is 0 Å². The molecule has 0 saturated heterocycles. The second-order valence-corrected chi connectivity index (χ2v) is 7.17. The Balaban J connectivity index is 2.40. The van der Waals surface area contributed by atoms with Crippen molar-refractivity contribution in [2.75, 3.05) is 5.32 Å². The predicted octanol–water partition coefficient (Wildman–Crippen LogP) is 5.83. The van der Waals surface area contributed by atoms with Crippen LogP contribution in [-0.2, 0) is 4.79 Å². The zero-order chi connectivity index (χ0) is 20.2. The lowest BCUT2D eigenvalue weighted by molar-refractivity contribution is -0.113. The van der Waals surface area contributed by atoms with E-state index in [0.717, 1.165) is 0 Å². The molecule has 0 aliphatic rings. The van der Waals surface area contributed by atoms with E-state index in [-0.39, 0.29) is 16.3 Å². The van der Waals surface area contributed by atoms with Crippen molar-refractivity contribution >= 4 is 40.0 Å². The average Bonchev–Trinajstić information content (AvgIpc) is 2.52. The highest BCUT2D eigenvalue weighted by Crippen LogP contribution is 2.32. The van der Waals surface area contributed by atoms with Gasteiger partial charge in [0.05, 0.1) is 9.95 Å². The minimum absolute atomic E-state index is 0.110. The Morgan fingerprint density at radius 2 is 1.96 bits per heavy atom. The zero-order valence-electron chi connectivity index (χ0n) is 14.3. The van der Waals surface area contributed by atoms with E-state index >= 15 is 0 Å². The SMILES string of the molecule is CC(=N)S/C(=C/C(F)(F)F)C(=O)Nc1ccccc1-c1cc(C)nc(Cl)c1. The zero-order valence-corrected chi connectivity index (χ0v) is 15.9. The lowest BCUT2D eigenvalue weighted by Gasteiger charge is -2.14. The second kappa shape index (κ2) is 8.58. The summed E-state index contributed by atoms with van der Waals surface area (Å²) in [6.45, 7) is 3.06. The van der Waals surface area contributed by atoms with Gasteiger partial charge < -0.3 is 5.32 Å². The number of benzene rings is 1. The number of pyridine rings is 1. The van der Waals surface area contributed by atoms with E-state index in [1.165, 1.54) is 6.92 Å². The molecule has 1 aromatic heterocycles. The molecule has 0 aliphatic carbocycles. The number of carbonyl (C=O) groups excluding carboxylic acids is 1. The molecule has 0 atom stereocenters. The highest BCUT2D eigenvalue weighted by atomic mass is 35.5. The van der Waals surface area contributed by atoms with Crippen molar-refractivity contribution in [2.45, 2.75) is 20.0 Å².